The van der Waals surface area contributed by atoms with Gasteiger partial charge in [0.25, 0.3) is 0 Å². The zero-order chi connectivity index (χ0) is 9.47. The van der Waals surface area contributed by atoms with Crippen molar-refractivity contribution in [1.29, 1.82) is 0 Å². The standard InChI is InChI=1S/C11H12O2/c1-11(2)10(12)7-8-5-3-4-6-9(8)13-11/h3-6H,7H2,1-2H3. The minimum absolute atomic E-state index is 0.145. The molecule has 0 aliphatic carbocycles. The molecule has 0 fully saturated rings. The Morgan fingerprint density at radius 3 is 2.77 bits per heavy atom. The smallest absolute Gasteiger partial charge is 0.180 e. The first-order valence-corrected chi connectivity index (χ1v) is 4.40. The zero-order valence-electron chi connectivity index (χ0n) is 7.83. The van der Waals surface area contributed by atoms with Gasteiger partial charge in [-0.25, -0.2) is 0 Å². The highest BCUT2D eigenvalue weighted by molar-refractivity contribution is 5.90. The van der Waals surface area contributed by atoms with Gasteiger partial charge in [0.2, 0.25) is 0 Å². The molecule has 2 nitrogen and oxygen atoms in total. The molecule has 0 spiro atoms. The van der Waals surface area contributed by atoms with Crippen LogP contribution in [0.5, 0.6) is 5.75 Å². The van der Waals surface area contributed by atoms with Crippen molar-refractivity contribution in [3.63, 3.8) is 0 Å². The van der Waals surface area contributed by atoms with Gasteiger partial charge in [0.1, 0.15) is 5.75 Å². The summed E-state index contributed by atoms with van der Waals surface area (Å²) in [5.74, 6) is 0.985. The SMILES string of the molecule is CC1(C)Oc2ccccc2CC1=O. The molecule has 2 heteroatoms. The van der Waals surface area contributed by atoms with E-state index in [0.29, 0.717) is 6.42 Å². The van der Waals surface area contributed by atoms with Crippen LogP contribution in [0.15, 0.2) is 24.3 Å². The average Bonchev–Trinajstić information content (AvgIpc) is 2.06. The molecule has 0 saturated heterocycles. The number of para-hydroxylation sites is 1. The molecule has 0 atom stereocenters. The Morgan fingerprint density at radius 1 is 1.31 bits per heavy atom. The van der Waals surface area contributed by atoms with Crippen molar-refractivity contribution in [2.24, 2.45) is 0 Å². The van der Waals surface area contributed by atoms with Crippen LogP contribution in [0.1, 0.15) is 19.4 Å². The predicted molar refractivity (Wildman–Crippen MR) is 49.9 cm³/mol. The third-order valence-corrected chi connectivity index (χ3v) is 2.36. The number of hydrogen-bond acceptors (Lipinski definition) is 2. The van der Waals surface area contributed by atoms with Crippen molar-refractivity contribution in [3.05, 3.63) is 29.8 Å². The summed E-state index contributed by atoms with van der Waals surface area (Å²) in [6.45, 7) is 3.62. The fraction of sp³-hybridized carbons (Fsp3) is 0.364. The van der Waals surface area contributed by atoms with Gasteiger partial charge in [-0.1, -0.05) is 18.2 Å². The van der Waals surface area contributed by atoms with Gasteiger partial charge >= 0.3 is 0 Å². The third-order valence-electron chi connectivity index (χ3n) is 2.36. The average molecular weight is 176 g/mol. The molecule has 1 aliphatic rings. The Morgan fingerprint density at radius 2 is 2.00 bits per heavy atom. The zero-order valence-corrected chi connectivity index (χ0v) is 7.83. The van der Waals surface area contributed by atoms with E-state index in [0.717, 1.165) is 11.3 Å². The lowest BCUT2D eigenvalue weighted by atomic mass is 9.93. The van der Waals surface area contributed by atoms with E-state index in [1.54, 1.807) is 0 Å². The van der Waals surface area contributed by atoms with Crippen LogP contribution in [0, 0.1) is 0 Å². The number of hydrogen-bond donors (Lipinski definition) is 0. The minimum atomic E-state index is -0.658. The molecular weight excluding hydrogens is 164 g/mol. The highest BCUT2D eigenvalue weighted by Gasteiger charge is 2.34. The molecule has 0 radical (unpaired) electrons. The highest BCUT2D eigenvalue weighted by atomic mass is 16.5. The lowest BCUT2D eigenvalue weighted by Crippen LogP contribution is -2.42. The summed E-state index contributed by atoms with van der Waals surface area (Å²) in [4.78, 5) is 11.6. The Balaban J connectivity index is 2.44. The molecule has 1 aliphatic heterocycles. The molecule has 0 N–H and O–H groups in total. The number of benzene rings is 1. The highest BCUT2D eigenvalue weighted by Crippen LogP contribution is 2.30. The first-order chi connectivity index (χ1) is 6.09. The summed E-state index contributed by atoms with van der Waals surface area (Å²) in [6, 6.07) is 7.69. The van der Waals surface area contributed by atoms with E-state index in [1.807, 2.05) is 38.1 Å². The van der Waals surface area contributed by atoms with Gasteiger partial charge in [0.15, 0.2) is 11.4 Å². The van der Waals surface area contributed by atoms with Gasteiger partial charge in [0, 0.05) is 12.0 Å². The summed E-state index contributed by atoms with van der Waals surface area (Å²) in [6.07, 6.45) is 0.489. The lowest BCUT2D eigenvalue weighted by Gasteiger charge is -2.30. The first-order valence-electron chi connectivity index (χ1n) is 4.40. The summed E-state index contributed by atoms with van der Waals surface area (Å²) >= 11 is 0. The number of carbonyl (C=O) groups is 1. The van der Waals surface area contributed by atoms with E-state index in [1.165, 1.54) is 0 Å². The van der Waals surface area contributed by atoms with E-state index >= 15 is 0 Å². The molecule has 0 aromatic heterocycles. The fourth-order valence-electron chi connectivity index (χ4n) is 1.47. The van der Waals surface area contributed by atoms with Crippen LogP contribution in [0.25, 0.3) is 0 Å². The number of ether oxygens (including phenoxy) is 1. The van der Waals surface area contributed by atoms with Crippen LogP contribution in [0.3, 0.4) is 0 Å². The molecule has 0 unspecified atom stereocenters. The molecule has 1 aromatic rings. The van der Waals surface area contributed by atoms with Crippen molar-refractivity contribution >= 4 is 5.78 Å². The maximum atomic E-state index is 11.6. The molecule has 0 bridgehead atoms. The fourth-order valence-corrected chi connectivity index (χ4v) is 1.47. The molecule has 68 valence electrons. The van der Waals surface area contributed by atoms with Gasteiger partial charge in [-0.3, -0.25) is 4.79 Å². The maximum absolute atomic E-state index is 11.6. The van der Waals surface area contributed by atoms with Gasteiger partial charge < -0.3 is 4.74 Å². The van der Waals surface area contributed by atoms with E-state index in [2.05, 4.69) is 0 Å². The van der Waals surface area contributed by atoms with E-state index in [-0.39, 0.29) is 5.78 Å². The maximum Gasteiger partial charge on any atom is 0.180 e. The molecule has 0 saturated carbocycles. The van der Waals surface area contributed by atoms with Crippen LogP contribution >= 0.6 is 0 Å². The van der Waals surface area contributed by atoms with Crippen LogP contribution in [-0.4, -0.2) is 11.4 Å². The second kappa shape index (κ2) is 2.59. The minimum Gasteiger partial charge on any atom is -0.480 e. The van der Waals surface area contributed by atoms with Crippen LogP contribution in [0.4, 0.5) is 0 Å². The van der Waals surface area contributed by atoms with Crippen LogP contribution in [0.2, 0.25) is 0 Å². The molecule has 1 heterocycles. The molecule has 2 rings (SSSR count). The van der Waals surface area contributed by atoms with Crippen LogP contribution < -0.4 is 4.74 Å². The number of Topliss-reactive ketones (excluding diaryl/α,β-unsaturated/α-hetero) is 1. The number of rotatable bonds is 0. The van der Waals surface area contributed by atoms with Gasteiger partial charge in [-0.2, -0.15) is 0 Å². The molecule has 13 heavy (non-hydrogen) atoms. The van der Waals surface area contributed by atoms with Crippen molar-refractivity contribution in [3.8, 4) is 5.75 Å². The van der Waals surface area contributed by atoms with Crippen molar-refractivity contribution in [1.82, 2.24) is 0 Å². The summed E-state index contributed by atoms with van der Waals surface area (Å²) in [5.41, 5.74) is 0.334. The summed E-state index contributed by atoms with van der Waals surface area (Å²) in [7, 11) is 0. The quantitative estimate of drug-likeness (QED) is 0.604. The largest absolute Gasteiger partial charge is 0.480 e. The normalized spacial score (nSPS) is 19.1. The van der Waals surface area contributed by atoms with E-state index in [9.17, 15) is 4.79 Å². The van der Waals surface area contributed by atoms with E-state index in [4.69, 9.17) is 4.74 Å². The Labute approximate surface area is 77.5 Å². The Hall–Kier alpha value is -1.31. The van der Waals surface area contributed by atoms with Gasteiger partial charge in [0.05, 0.1) is 0 Å². The third kappa shape index (κ3) is 1.32. The van der Waals surface area contributed by atoms with E-state index < -0.39 is 5.60 Å². The molecule has 0 amide bonds. The monoisotopic (exact) mass is 176 g/mol. The van der Waals surface area contributed by atoms with Crippen molar-refractivity contribution in [2.45, 2.75) is 25.9 Å². The second-order valence-corrected chi connectivity index (χ2v) is 3.82. The van der Waals surface area contributed by atoms with Gasteiger partial charge in [-0.05, 0) is 19.9 Å². The van der Waals surface area contributed by atoms with Gasteiger partial charge in [-0.15, -0.1) is 0 Å². The summed E-state index contributed by atoms with van der Waals surface area (Å²) in [5, 5.41) is 0. The molecular formula is C11H12O2. The number of carbonyl (C=O) groups excluding carboxylic acids is 1. The van der Waals surface area contributed by atoms with Crippen LogP contribution in [-0.2, 0) is 11.2 Å². The topological polar surface area (TPSA) is 26.3 Å². The summed E-state index contributed by atoms with van der Waals surface area (Å²) < 4.78 is 5.58. The lowest BCUT2D eigenvalue weighted by molar-refractivity contribution is -0.132. The Bertz CT molecular complexity index is 353. The second-order valence-electron chi connectivity index (χ2n) is 3.82. The first kappa shape index (κ1) is 8.30. The van der Waals surface area contributed by atoms with Crippen molar-refractivity contribution < 1.29 is 9.53 Å². The number of fused-ring (bicyclic) bond motifs is 1. The predicted octanol–water partition coefficient (Wildman–Crippen LogP) is 1.97. The number of ketones is 1. The molecule has 1 aromatic carbocycles. The Kier molecular flexibility index (Phi) is 1.65. The van der Waals surface area contributed by atoms with Crippen molar-refractivity contribution in [2.75, 3.05) is 0 Å².